The molecule has 0 radical (unpaired) electrons. The second-order valence-electron chi connectivity index (χ2n) is 3.46. The average Bonchev–Trinajstić information content (AvgIpc) is 2.33. The minimum Gasteiger partial charge on any atom is -0.381 e. The zero-order valence-electron chi connectivity index (χ0n) is 9.18. The first kappa shape index (κ1) is 10.5. The summed E-state index contributed by atoms with van der Waals surface area (Å²) in [5.74, 6) is 0. The number of hydrogen-bond donors (Lipinski definition) is 1. The summed E-state index contributed by atoms with van der Waals surface area (Å²) in [5.41, 5.74) is 1.50. The molecule has 0 aliphatic carbocycles. The van der Waals surface area contributed by atoms with Gasteiger partial charge in [-0.25, -0.2) is 0 Å². The molecule has 0 aliphatic rings. The lowest BCUT2D eigenvalue weighted by atomic mass is 10.3. The molecule has 16 heavy (non-hydrogen) atoms. The van der Waals surface area contributed by atoms with Crippen LogP contribution in [-0.4, -0.2) is 11.1 Å². The molecule has 82 valence electrons. The molecule has 3 nitrogen and oxygen atoms in total. The maximum absolute atomic E-state index is 12.1. The number of pyridine rings is 1. The zero-order valence-corrected chi connectivity index (χ0v) is 9.18. The molecule has 0 saturated carbocycles. The van der Waals surface area contributed by atoms with Crippen molar-refractivity contribution in [3.05, 3.63) is 59.0 Å². The van der Waals surface area contributed by atoms with Crippen LogP contribution in [0.2, 0.25) is 0 Å². The third-order valence-electron chi connectivity index (χ3n) is 2.35. The van der Waals surface area contributed by atoms with Gasteiger partial charge in [0.1, 0.15) is 5.69 Å². The van der Waals surface area contributed by atoms with Crippen LogP contribution in [0.5, 0.6) is 0 Å². The van der Waals surface area contributed by atoms with Crippen molar-refractivity contribution in [2.24, 2.45) is 0 Å². The van der Waals surface area contributed by atoms with Crippen molar-refractivity contribution in [1.82, 2.24) is 4.57 Å². The van der Waals surface area contributed by atoms with Crippen molar-refractivity contribution >= 4 is 5.69 Å². The maximum atomic E-state index is 12.1. The van der Waals surface area contributed by atoms with E-state index < -0.39 is 0 Å². The number of anilines is 1. The lowest BCUT2D eigenvalue weighted by Crippen LogP contribution is -2.21. The summed E-state index contributed by atoms with van der Waals surface area (Å²) < 4.78 is 1.64. The average molecular weight is 214 g/mol. The van der Waals surface area contributed by atoms with Gasteiger partial charge in [-0.1, -0.05) is 18.2 Å². The van der Waals surface area contributed by atoms with Crippen LogP contribution in [0.1, 0.15) is 6.92 Å². The van der Waals surface area contributed by atoms with Crippen molar-refractivity contribution in [1.29, 1.82) is 0 Å². The van der Waals surface area contributed by atoms with Crippen LogP contribution in [0, 0.1) is 0 Å². The Morgan fingerprint density at radius 1 is 1.12 bits per heavy atom. The van der Waals surface area contributed by atoms with Crippen LogP contribution >= 0.6 is 0 Å². The van der Waals surface area contributed by atoms with Gasteiger partial charge in [0.05, 0.1) is 0 Å². The van der Waals surface area contributed by atoms with Crippen LogP contribution < -0.4 is 10.9 Å². The normalized spacial score (nSPS) is 10.1. The first-order chi connectivity index (χ1) is 7.83. The summed E-state index contributed by atoms with van der Waals surface area (Å²) in [7, 11) is 0. The van der Waals surface area contributed by atoms with E-state index in [0.29, 0.717) is 5.69 Å². The summed E-state index contributed by atoms with van der Waals surface area (Å²) in [6.45, 7) is 2.72. The molecule has 2 aromatic rings. The second-order valence-corrected chi connectivity index (χ2v) is 3.46. The van der Waals surface area contributed by atoms with E-state index in [1.165, 1.54) is 0 Å². The number of aromatic nitrogens is 1. The Bertz CT molecular complexity index is 517. The molecule has 3 heteroatoms. The van der Waals surface area contributed by atoms with E-state index in [0.717, 1.165) is 12.2 Å². The number of rotatable bonds is 3. The van der Waals surface area contributed by atoms with Crippen molar-refractivity contribution in [2.45, 2.75) is 6.92 Å². The minimum absolute atomic E-state index is 0.0180. The van der Waals surface area contributed by atoms with Crippen molar-refractivity contribution in [3.8, 4) is 5.69 Å². The Labute approximate surface area is 94.4 Å². The molecule has 0 saturated heterocycles. The highest BCUT2D eigenvalue weighted by Crippen LogP contribution is 2.06. The van der Waals surface area contributed by atoms with Crippen molar-refractivity contribution < 1.29 is 0 Å². The number of nitrogens with one attached hydrogen (secondary N) is 1. The molecule has 1 aromatic heterocycles. The van der Waals surface area contributed by atoms with Gasteiger partial charge in [0.15, 0.2) is 0 Å². The van der Waals surface area contributed by atoms with Gasteiger partial charge in [-0.15, -0.1) is 0 Å². The van der Waals surface area contributed by atoms with Gasteiger partial charge in [0.25, 0.3) is 5.56 Å². The number of benzene rings is 1. The van der Waals surface area contributed by atoms with Gasteiger partial charge in [0.2, 0.25) is 0 Å². The Balaban J connectivity index is 2.51. The lowest BCUT2D eigenvalue weighted by molar-refractivity contribution is 0.985. The standard InChI is InChI=1S/C13H14N2O/c1-2-14-12-9-6-10-15(13(12)16)11-7-4-3-5-8-11/h3-10,14H,2H2,1H3. The molecule has 0 amide bonds. The predicted octanol–water partition coefficient (Wildman–Crippen LogP) is 2.27. The van der Waals surface area contributed by atoms with Gasteiger partial charge < -0.3 is 5.32 Å². The minimum atomic E-state index is -0.0180. The molecular formula is C13H14N2O. The highest BCUT2D eigenvalue weighted by atomic mass is 16.1. The molecule has 2 rings (SSSR count). The topological polar surface area (TPSA) is 34.0 Å². The fourth-order valence-electron chi connectivity index (χ4n) is 1.61. The zero-order chi connectivity index (χ0) is 11.4. The second kappa shape index (κ2) is 4.66. The van der Waals surface area contributed by atoms with Crippen LogP contribution in [0.25, 0.3) is 5.69 Å². The molecule has 0 aliphatic heterocycles. The first-order valence-electron chi connectivity index (χ1n) is 5.34. The van der Waals surface area contributed by atoms with Gasteiger partial charge in [-0.3, -0.25) is 9.36 Å². The van der Waals surface area contributed by atoms with Crippen LogP contribution in [0.15, 0.2) is 53.5 Å². The maximum Gasteiger partial charge on any atom is 0.278 e. The van der Waals surface area contributed by atoms with E-state index in [-0.39, 0.29) is 5.56 Å². The van der Waals surface area contributed by atoms with Crippen molar-refractivity contribution in [3.63, 3.8) is 0 Å². The van der Waals surface area contributed by atoms with E-state index in [9.17, 15) is 4.79 Å². The Morgan fingerprint density at radius 2 is 1.88 bits per heavy atom. The fraction of sp³-hybridized carbons (Fsp3) is 0.154. The van der Waals surface area contributed by atoms with Crippen LogP contribution in [-0.2, 0) is 0 Å². The molecule has 0 unspecified atom stereocenters. The van der Waals surface area contributed by atoms with E-state index in [1.807, 2.05) is 43.3 Å². The molecular weight excluding hydrogens is 200 g/mol. The van der Waals surface area contributed by atoms with E-state index in [2.05, 4.69) is 5.32 Å². The quantitative estimate of drug-likeness (QED) is 0.850. The van der Waals surface area contributed by atoms with Gasteiger partial charge in [-0.2, -0.15) is 0 Å². The summed E-state index contributed by atoms with van der Waals surface area (Å²) in [4.78, 5) is 12.1. The molecule has 0 atom stereocenters. The monoisotopic (exact) mass is 214 g/mol. The summed E-state index contributed by atoms with van der Waals surface area (Å²) in [5, 5.41) is 3.05. The van der Waals surface area contributed by atoms with Crippen LogP contribution in [0.4, 0.5) is 5.69 Å². The third kappa shape index (κ3) is 1.98. The number of hydrogen-bond acceptors (Lipinski definition) is 2. The molecule has 0 fully saturated rings. The SMILES string of the molecule is CCNc1cccn(-c2ccccc2)c1=O. The van der Waals surface area contributed by atoms with E-state index in [1.54, 1.807) is 16.8 Å². The first-order valence-corrected chi connectivity index (χ1v) is 5.34. The summed E-state index contributed by atoms with van der Waals surface area (Å²) in [6, 6.07) is 13.3. The van der Waals surface area contributed by atoms with Gasteiger partial charge in [0, 0.05) is 18.4 Å². The highest BCUT2D eigenvalue weighted by molar-refractivity contribution is 5.43. The largest absolute Gasteiger partial charge is 0.381 e. The van der Waals surface area contributed by atoms with Crippen molar-refractivity contribution in [2.75, 3.05) is 11.9 Å². The molecule has 1 heterocycles. The van der Waals surface area contributed by atoms with Crippen LogP contribution in [0.3, 0.4) is 0 Å². The molecule has 0 bridgehead atoms. The predicted molar refractivity (Wildman–Crippen MR) is 66.2 cm³/mol. The Hall–Kier alpha value is -2.03. The van der Waals surface area contributed by atoms with E-state index >= 15 is 0 Å². The fourth-order valence-corrected chi connectivity index (χ4v) is 1.61. The van der Waals surface area contributed by atoms with Gasteiger partial charge in [-0.05, 0) is 31.2 Å². The Morgan fingerprint density at radius 3 is 2.56 bits per heavy atom. The number of para-hydroxylation sites is 1. The summed E-state index contributed by atoms with van der Waals surface area (Å²) >= 11 is 0. The smallest absolute Gasteiger partial charge is 0.278 e. The molecule has 0 spiro atoms. The summed E-state index contributed by atoms with van der Waals surface area (Å²) in [6.07, 6.45) is 1.78. The highest BCUT2D eigenvalue weighted by Gasteiger charge is 2.02. The Kier molecular flexibility index (Phi) is 3.05. The molecule has 1 aromatic carbocycles. The molecule has 1 N–H and O–H groups in total. The van der Waals surface area contributed by atoms with E-state index in [4.69, 9.17) is 0 Å². The third-order valence-corrected chi connectivity index (χ3v) is 2.35. The lowest BCUT2D eigenvalue weighted by Gasteiger charge is -2.08. The number of nitrogens with zero attached hydrogens (tertiary/aromatic N) is 1. The van der Waals surface area contributed by atoms with Gasteiger partial charge >= 0.3 is 0 Å².